The molecular formula is C78H104N14O6S2. The molecule has 2 saturated heterocycles. The monoisotopic (exact) mass is 1400 g/mol. The van der Waals surface area contributed by atoms with Gasteiger partial charge in [0.2, 0.25) is 17.7 Å². The quantitative estimate of drug-likeness (QED) is 0.0287. The number of likely N-dealkylation sites (tertiary alicyclic amines) is 2. The van der Waals surface area contributed by atoms with Gasteiger partial charge >= 0.3 is 0 Å². The summed E-state index contributed by atoms with van der Waals surface area (Å²) in [5, 5.41) is 39.2. The van der Waals surface area contributed by atoms with Crippen LogP contribution in [0.2, 0.25) is 0 Å². The Balaban J connectivity index is 0.612. The Kier molecular flexibility index (Phi) is 21.1. The Labute approximate surface area is 598 Å². The number of para-hydroxylation sites is 1. The molecule has 3 aliphatic heterocycles. The maximum atomic E-state index is 14.8. The third kappa shape index (κ3) is 15.7. The molecule has 100 heavy (non-hydrogen) atoms. The van der Waals surface area contributed by atoms with E-state index in [-0.39, 0.29) is 70.9 Å². The van der Waals surface area contributed by atoms with Crippen molar-refractivity contribution in [2.45, 2.75) is 227 Å². The minimum absolute atomic E-state index is 0.0163. The van der Waals surface area contributed by atoms with Crippen molar-refractivity contribution in [1.82, 2.24) is 60.7 Å². The molecule has 14 rings (SSSR count). The summed E-state index contributed by atoms with van der Waals surface area (Å²) in [6.07, 6.45) is 20.1. The Hall–Kier alpha value is -7.24. The van der Waals surface area contributed by atoms with Gasteiger partial charge < -0.3 is 45.8 Å². The first kappa shape index (κ1) is 71.2. The van der Waals surface area contributed by atoms with Crippen molar-refractivity contribution in [3.8, 4) is 21.6 Å². The number of nitrogens with one attached hydrogen (secondary N) is 4. The fourth-order valence-electron chi connectivity index (χ4n) is 18.7. The molecule has 6 fully saturated rings. The Morgan fingerprint density at radius 3 is 2.25 bits per heavy atom. The van der Waals surface area contributed by atoms with Crippen LogP contribution < -0.4 is 26.2 Å². The fraction of sp³-hybridized carbons (Fsp3) is 0.590. The van der Waals surface area contributed by atoms with E-state index < -0.39 is 23.6 Å². The van der Waals surface area contributed by atoms with Gasteiger partial charge in [-0.3, -0.25) is 23.9 Å². The predicted octanol–water partition coefficient (Wildman–Crippen LogP) is 14.1. The molecule has 2 unspecified atom stereocenters. The highest BCUT2D eigenvalue weighted by Gasteiger charge is 2.66. The maximum Gasteiger partial charge on any atom is 0.270 e. The van der Waals surface area contributed by atoms with Crippen LogP contribution in [0.25, 0.3) is 31.8 Å². The number of amides is 4. The number of hydrogen-bond acceptors (Lipinski definition) is 17. The number of aromatic nitrogens is 7. The minimum atomic E-state index is -0.881. The Bertz CT molecular complexity index is 4050. The van der Waals surface area contributed by atoms with Crippen LogP contribution in [0.4, 0.5) is 22.6 Å². The SMILES string of the molecule is Cc1ncsc1-c1ccc([C@H](C)NC(=O)[C@@H]2C[C@@H](O)CN2C(=O)[C@@H](NC(=O)CCCCCCCCCCNC(=O)c2nc(N3CCCc4c3nnc(Nc3nc5ccccc5s3)c4C)ccc2-c2cnn(CC34CC5(C)CC(C)(C3)CC(OCCN3CCCC3)(C5)C4)c2C)C(C)(C)C)cc1. The van der Waals surface area contributed by atoms with Gasteiger partial charge in [0, 0.05) is 73.5 Å². The Morgan fingerprint density at radius 2 is 1.53 bits per heavy atom. The number of rotatable bonds is 28. The molecule has 20 nitrogen and oxygen atoms in total. The van der Waals surface area contributed by atoms with E-state index in [0.29, 0.717) is 36.8 Å². The van der Waals surface area contributed by atoms with Gasteiger partial charge in [0.1, 0.15) is 23.6 Å². The van der Waals surface area contributed by atoms with Crippen LogP contribution in [0.3, 0.4) is 0 Å². The van der Waals surface area contributed by atoms with Gasteiger partial charge in [-0.1, -0.05) is 121 Å². The van der Waals surface area contributed by atoms with Gasteiger partial charge in [0.25, 0.3) is 5.91 Å². The average Bonchev–Trinajstić information content (AvgIpc) is 0.779. The molecule has 8 heterocycles. The highest BCUT2D eigenvalue weighted by atomic mass is 32.1. The fourth-order valence-corrected chi connectivity index (χ4v) is 20.4. The molecule has 22 heteroatoms. The number of carbonyl (C=O) groups excluding carboxylic acids is 4. The van der Waals surface area contributed by atoms with Gasteiger partial charge in [0.05, 0.1) is 56.8 Å². The summed E-state index contributed by atoms with van der Waals surface area (Å²) in [5.41, 5.74) is 10.6. The standard InChI is InChI=1S/C78H104N14O6S2/c1-50-57-23-22-36-90(69(57)88-87-68(50)86-73-83-60-24-17-18-25-62(60)100-73)63-32-31-58(59-40-81-92(53(59)4)48-77-43-75(8)42-76(9,44-77)46-78(45-75,47-77)98-38-37-89-34-20-21-35-89)65(84-63)71(96)79-33-19-15-13-11-10-12-14-16-26-64(94)85-67(74(5,6)7)72(97)91-41-56(93)39-61(91)70(95)82-51(2)54-27-29-55(30-28-54)66-52(3)80-49-99-66/h17-18,24-25,27-32,40,49,51,56,61,67,93H,10-16,19-23,26,33-39,41-48H2,1-9H3,(H,79,96)(H,82,95)(H,85,94)(H,83,86,87)/t51-,56+,61-,67+,75?,76?,77?,78?/m0/s1. The van der Waals surface area contributed by atoms with Crippen molar-refractivity contribution in [3.05, 3.63) is 106 Å². The number of aryl methyl sites for hydroxylation is 1. The van der Waals surface area contributed by atoms with Crippen LogP contribution in [0.5, 0.6) is 0 Å². The number of pyridine rings is 1. The topological polar surface area (TPSA) is 238 Å². The molecule has 4 amide bonds. The number of carbonyl (C=O) groups is 4. The van der Waals surface area contributed by atoms with E-state index >= 15 is 0 Å². The molecular weight excluding hydrogens is 1290 g/mol. The number of aliphatic hydroxyl groups is 1. The van der Waals surface area contributed by atoms with Crippen LogP contribution in [0.15, 0.2) is 72.4 Å². The van der Waals surface area contributed by atoms with E-state index in [4.69, 9.17) is 30.0 Å². The minimum Gasteiger partial charge on any atom is -0.391 e. The molecule has 5 N–H and O–H groups in total. The lowest BCUT2D eigenvalue weighted by Crippen LogP contribution is -2.64. The number of benzene rings is 2. The second kappa shape index (κ2) is 29.6. The lowest BCUT2D eigenvalue weighted by atomic mass is 9.39. The van der Waals surface area contributed by atoms with Gasteiger partial charge in [-0.25, -0.2) is 15.0 Å². The van der Waals surface area contributed by atoms with Crippen molar-refractivity contribution in [1.29, 1.82) is 0 Å². The first-order chi connectivity index (χ1) is 47.9. The normalized spacial score (nSPS) is 24.0. The summed E-state index contributed by atoms with van der Waals surface area (Å²) in [6.45, 7) is 25.1. The second-order valence-electron chi connectivity index (χ2n) is 32.2. The zero-order valence-corrected chi connectivity index (χ0v) is 61.9. The zero-order chi connectivity index (χ0) is 70.1. The number of anilines is 4. The summed E-state index contributed by atoms with van der Waals surface area (Å²) in [4.78, 5) is 78.3. The van der Waals surface area contributed by atoms with E-state index in [1.807, 2.05) is 94.9 Å². The first-order valence-corrected chi connectivity index (χ1v) is 38.7. The van der Waals surface area contributed by atoms with Gasteiger partial charge in [-0.2, -0.15) is 5.10 Å². The summed E-state index contributed by atoms with van der Waals surface area (Å²) < 4.78 is 10.5. The first-order valence-electron chi connectivity index (χ1n) is 37.0. The zero-order valence-electron chi connectivity index (χ0n) is 60.3. The number of unbranched alkanes of at least 4 members (excludes halogenated alkanes) is 7. The largest absolute Gasteiger partial charge is 0.391 e. The number of nitrogens with zero attached hydrogens (tertiary/aromatic N) is 10. The smallest absolute Gasteiger partial charge is 0.270 e. The van der Waals surface area contributed by atoms with Gasteiger partial charge in [-0.15, -0.1) is 21.5 Å². The second-order valence-corrected chi connectivity index (χ2v) is 34.1. The Morgan fingerprint density at radius 1 is 0.800 bits per heavy atom. The van der Waals surface area contributed by atoms with Gasteiger partial charge in [0.15, 0.2) is 16.8 Å². The van der Waals surface area contributed by atoms with Crippen molar-refractivity contribution >= 4 is 79.1 Å². The molecule has 6 atom stereocenters. The third-order valence-electron chi connectivity index (χ3n) is 22.5. The number of hydrogen-bond donors (Lipinski definition) is 5. The maximum absolute atomic E-state index is 14.8. The number of fused-ring (bicyclic) bond motifs is 2. The molecule has 0 spiro atoms. The summed E-state index contributed by atoms with van der Waals surface area (Å²) >= 11 is 3.18. The molecule has 4 saturated carbocycles. The van der Waals surface area contributed by atoms with E-state index in [2.05, 4.69) is 80.6 Å². The van der Waals surface area contributed by atoms with E-state index in [0.717, 1.165) is 168 Å². The summed E-state index contributed by atoms with van der Waals surface area (Å²) in [7, 11) is 0. The predicted molar refractivity (Wildman–Crippen MR) is 396 cm³/mol. The molecule has 4 aliphatic carbocycles. The van der Waals surface area contributed by atoms with Crippen LogP contribution in [0, 0.1) is 42.4 Å². The van der Waals surface area contributed by atoms with Crippen molar-refractivity contribution in [2.75, 3.05) is 56.1 Å². The van der Waals surface area contributed by atoms with Crippen LogP contribution in [-0.2, 0) is 32.1 Å². The number of β-amino-alcohol motifs (C(OH)–C–C–N with tert-alkyl or cyclic N) is 1. The summed E-state index contributed by atoms with van der Waals surface area (Å²) in [5.74, 6) is 0.953. The van der Waals surface area contributed by atoms with Crippen molar-refractivity contribution in [3.63, 3.8) is 0 Å². The van der Waals surface area contributed by atoms with Crippen LogP contribution in [-0.4, -0.2) is 143 Å². The van der Waals surface area contributed by atoms with E-state index in [1.165, 1.54) is 50.1 Å². The average molecular weight is 1400 g/mol. The third-order valence-corrected chi connectivity index (χ3v) is 24.4. The summed E-state index contributed by atoms with van der Waals surface area (Å²) in [6, 6.07) is 18.1. The lowest BCUT2D eigenvalue weighted by Gasteiger charge is -2.69. The molecule has 2 aromatic carbocycles. The van der Waals surface area contributed by atoms with E-state index in [1.54, 1.807) is 22.7 Å². The molecule has 534 valence electrons. The van der Waals surface area contributed by atoms with Crippen LogP contribution >= 0.6 is 22.7 Å². The highest BCUT2D eigenvalue weighted by Crippen LogP contribution is 2.72. The number of thiazole rings is 2. The van der Waals surface area contributed by atoms with Crippen molar-refractivity contribution < 1.29 is 29.0 Å². The molecule has 4 bridgehead atoms. The number of ether oxygens (including phenoxy) is 1. The van der Waals surface area contributed by atoms with Crippen LogP contribution in [0.1, 0.15) is 208 Å². The lowest BCUT2D eigenvalue weighted by molar-refractivity contribution is -0.248. The van der Waals surface area contributed by atoms with E-state index in [9.17, 15) is 24.3 Å². The van der Waals surface area contributed by atoms with Gasteiger partial charge in [-0.05, 0) is 175 Å². The number of aliphatic hydroxyl groups excluding tert-OH is 1. The van der Waals surface area contributed by atoms with Crippen molar-refractivity contribution in [2.24, 2.45) is 21.7 Å². The highest BCUT2D eigenvalue weighted by molar-refractivity contribution is 7.22. The molecule has 7 aliphatic rings. The molecule has 7 aromatic rings. The molecule has 5 aromatic heterocycles. The molecule has 0 radical (unpaired) electrons.